The molecule has 0 atom stereocenters. The van der Waals surface area contributed by atoms with Crippen molar-refractivity contribution in [2.24, 2.45) is 0 Å². The third kappa shape index (κ3) is 3.39. The standard InChI is InChI=1S/C19H24N6O2/c1-3-25-17(12-23-10-7-20-13-23)21-22-18(25)15-4-8-24(9-5-15)19(26)16-6-11-27-14(16)2/h6-7,10-11,13,15H,3-5,8-9,12H2,1-2H3. The summed E-state index contributed by atoms with van der Waals surface area (Å²) in [5, 5.41) is 8.90. The first-order valence-corrected chi connectivity index (χ1v) is 9.38. The van der Waals surface area contributed by atoms with E-state index < -0.39 is 0 Å². The quantitative estimate of drug-likeness (QED) is 0.691. The summed E-state index contributed by atoms with van der Waals surface area (Å²) in [7, 11) is 0. The number of hydrogen-bond acceptors (Lipinski definition) is 5. The van der Waals surface area contributed by atoms with Crippen LogP contribution in [0.3, 0.4) is 0 Å². The van der Waals surface area contributed by atoms with Crippen LogP contribution < -0.4 is 0 Å². The van der Waals surface area contributed by atoms with Crippen molar-refractivity contribution in [1.29, 1.82) is 0 Å². The van der Waals surface area contributed by atoms with Gasteiger partial charge in [0.25, 0.3) is 5.91 Å². The Morgan fingerprint density at radius 1 is 1.30 bits per heavy atom. The first-order valence-electron chi connectivity index (χ1n) is 9.38. The van der Waals surface area contributed by atoms with Crippen molar-refractivity contribution in [2.75, 3.05) is 13.1 Å². The maximum absolute atomic E-state index is 12.7. The largest absolute Gasteiger partial charge is 0.469 e. The van der Waals surface area contributed by atoms with E-state index in [-0.39, 0.29) is 5.91 Å². The first-order chi connectivity index (χ1) is 13.2. The number of nitrogens with zero attached hydrogens (tertiary/aromatic N) is 6. The van der Waals surface area contributed by atoms with Crippen LogP contribution in [0.4, 0.5) is 0 Å². The molecule has 0 spiro atoms. The molecule has 27 heavy (non-hydrogen) atoms. The summed E-state index contributed by atoms with van der Waals surface area (Å²) >= 11 is 0. The Bertz CT molecular complexity index is 903. The van der Waals surface area contributed by atoms with Crippen molar-refractivity contribution in [3.8, 4) is 0 Å². The number of likely N-dealkylation sites (tertiary alicyclic amines) is 1. The van der Waals surface area contributed by atoms with Crippen LogP contribution in [0.1, 0.15) is 53.5 Å². The average molecular weight is 368 g/mol. The Balaban J connectivity index is 1.44. The number of amides is 1. The lowest BCUT2D eigenvalue weighted by Gasteiger charge is -2.31. The van der Waals surface area contributed by atoms with Crippen LogP contribution in [0.2, 0.25) is 0 Å². The van der Waals surface area contributed by atoms with Crippen molar-refractivity contribution in [3.63, 3.8) is 0 Å². The third-order valence-electron chi connectivity index (χ3n) is 5.29. The molecule has 1 fully saturated rings. The molecule has 8 heteroatoms. The molecule has 1 amide bonds. The van der Waals surface area contributed by atoms with E-state index in [9.17, 15) is 4.79 Å². The minimum Gasteiger partial charge on any atom is -0.469 e. The minimum atomic E-state index is 0.0532. The fourth-order valence-electron chi connectivity index (χ4n) is 3.77. The van der Waals surface area contributed by atoms with Crippen molar-refractivity contribution in [3.05, 3.63) is 54.0 Å². The van der Waals surface area contributed by atoms with E-state index in [0.717, 1.165) is 44.1 Å². The lowest BCUT2D eigenvalue weighted by Crippen LogP contribution is -2.38. The molecule has 0 saturated carbocycles. The van der Waals surface area contributed by atoms with Gasteiger partial charge >= 0.3 is 0 Å². The molecule has 0 aromatic carbocycles. The summed E-state index contributed by atoms with van der Waals surface area (Å²) in [4.78, 5) is 18.6. The Kier molecular flexibility index (Phi) is 4.79. The number of imidazole rings is 1. The van der Waals surface area contributed by atoms with E-state index in [1.54, 1.807) is 24.9 Å². The molecule has 0 N–H and O–H groups in total. The molecule has 0 unspecified atom stereocenters. The number of aromatic nitrogens is 5. The van der Waals surface area contributed by atoms with Gasteiger partial charge in [-0.15, -0.1) is 10.2 Å². The Morgan fingerprint density at radius 2 is 2.11 bits per heavy atom. The zero-order valence-electron chi connectivity index (χ0n) is 15.7. The molecular weight excluding hydrogens is 344 g/mol. The van der Waals surface area contributed by atoms with Crippen LogP contribution in [0, 0.1) is 6.92 Å². The van der Waals surface area contributed by atoms with Gasteiger partial charge in [-0.1, -0.05) is 0 Å². The van der Waals surface area contributed by atoms with Crippen LogP contribution in [0.15, 0.2) is 35.5 Å². The zero-order chi connectivity index (χ0) is 18.8. The van der Waals surface area contributed by atoms with Gasteiger partial charge in [-0.25, -0.2) is 4.98 Å². The molecule has 8 nitrogen and oxygen atoms in total. The van der Waals surface area contributed by atoms with E-state index in [0.29, 0.717) is 23.8 Å². The average Bonchev–Trinajstić information content (AvgIpc) is 3.43. The number of rotatable bonds is 5. The minimum absolute atomic E-state index is 0.0532. The molecule has 0 aliphatic carbocycles. The topological polar surface area (TPSA) is 82.0 Å². The van der Waals surface area contributed by atoms with Crippen LogP contribution in [0.5, 0.6) is 0 Å². The Hall–Kier alpha value is -2.90. The lowest BCUT2D eigenvalue weighted by atomic mass is 9.95. The summed E-state index contributed by atoms with van der Waals surface area (Å²) in [5.74, 6) is 3.02. The maximum atomic E-state index is 12.7. The maximum Gasteiger partial charge on any atom is 0.257 e. The van der Waals surface area contributed by atoms with Crippen molar-refractivity contribution >= 4 is 5.91 Å². The van der Waals surface area contributed by atoms with Gasteiger partial charge in [-0.2, -0.15) is 0 Å². The molecule has 142 valence electrons. The van der Waals surface area contributed by atoms with Gasteiger partial charge in [0, 0.05) is 37.9 Å². The summed E-state index contributed by atoms with van der Waals surface area (Å²) in [6.07, 6.45) is 8.84. The van der Waals surface area contributed by atoms with Gasteiger partial charge in [0.2, 0.25) is 0 Å². The van der Waals surface area contributed by atoms with E-state index >= 15 is 0 Å². The highest BCUT2D eigenvalue weighted by atomic mass is 16.3. The molecule has 0 bridgehead atoms. The summed E-state index contributed by atoms with van der Waals surface area (Å²) in [5.41, 5.74) is 0.660. The number of furan rings is 1. The van der Waals surface area contributed by atoms with E-state index in [4.69, 9.17) is 4.42 Å². The van der Waals surface area contributed by atoms with Gasteiger partial charge in [-0.3, -0.25) is 4.79 Å². The fourth-order valence-corrected chi connectivity index (χ4v) is 3.77. The number of carbonyl (C=O) groups is 1. The molecule has 3 aromatic heterocycles. The Labute approximate surface area is 157 Å². The molecule has 3 aromatic rings. The van der Waals surface area contributed by atoms with Gasteiger partial charge in [0.05, 0.1) is 24.7 Å². The number of piperidine rings is 1. The van der Waals surface area contributed by atoms with Gasteiger partial charge in [-0.05, 0) is 32.8 Å². The lowest BCUT2D eigenvalue weighted by molar-refractivity contribution is 0.0708. The number of aryl methyl sites for hydroxylation is 1. The smallest absolute Gasteiger partial charge is 0.257 e. The number of carbonyl (C=O) groups excluding carboxylic acids is 1. The van der Waals surface area contributed by atoms with Crippen molar-refractivity contribution in [1.82, 2.24) is 29.2 Å². The van der Waals surface area contributed by atoms with Crippen molar-refractivity contribution in [2.45, 2.75) is 45.7 Å². The molecule has 4 heterocycles. The molecule has 1 aliphatic heterocycles. The first kappa shape index (κ1) is 17.5. The molecule has 4 rings (SSSR count). The highest BCUT2D eigenvalue weighted by Crippen LogP contribution is 2.28. The van der Waals surface area contributed by atoms with Crippen LogP contribution >= 0.6 is 0 Å². The molecular formula is C19H24N6O2. The van der Waals surface area contributed by atoms with Crippen molar-refractivity contribution < 1.29 is 9.21 Å². The second-order valence-corrected chi connectivity index (χ2v) is 6.91. The Morgan fingerprint density at radius 3 is 2.74 bits per heavy atom. The number of hydrogen-bond donors (Lipinski definition) is 0. The van der Waals surface area contributed by atoms with Crippen LogP contribution in [-0.2, 0) is 13.1 Å². The summed E-state index contributed by atoms with van der Waals surface area (Å²) < 4.78 is 9.46. The van der Waals surface area contributed by atoms with Gasteiger partial charge in [0.1, 0.15) is 11.6 Å². The molecule has 0 radical (unpaired) electrons. The fraction of sp³-hybridized carbons (Fsp3) is 0.474. The van der Waals surface area contributed by atoms with Gasteiger partial charge in [0.15, 0.2) is 5.82 Å². The molecule has 1 aliphatic rings. The predicted octanol–water partition coefficient (Wildman–Crippen LogP) is 2.46. The normalized spacial score (nSPS) is 15.4. The predicted molar refractivity (Wildman–Crippen MR) is 98.3 cm³/mol. The molecule has 1 saturated heterocycles. The van der Waals surface area contributed by atoms with E-state index in [1.807, 2.05) is 22.6 Å². The van der Waals surface area contributed by atoms with Gasteiger partial charge < -0.3 is 18.5 Å². The van der Waals surface area contributed by atoms with Crippen LogP contribution in [-0.4, -0.2) is 48.2 Å². The summed E-state index contributed by atoms with van der Waals surface area (Å²) in [6, 6.07) is 1.75. The third-order valence-corrected chi connectivity index (χ3v) is 5.29. The zero-order valence-corrected chi connectivity index (χ0v) is 15.7. The SMILES string of the molecule is CCn1c(Cn2ccnc2)nnc1C1CCN(C(=O)c2ccoc2C)CC1. The van der Waals surface area contributed by atoms with E-state index in [1.165, 1.54) is 0 Å². The second kappa shape index (κ2) is 7.38. The highest BCUT2D eigenvalue weighted by Gasteiger charge is 2.29. The highest BCUT2D eigenvalue weighted by molar-refractivity contribution is 5.95. The van der Waals surface area contributed by atoms with Crippen LogP contribution in [0.25, 0.3) is 0 Å². The van der Waals surface area contributed by atoms with E-state index in [2.05, 4.69) is 26.7 Å². The monoisotopic (exact) mass is 368 g/mol. The second-order valence-electron chi connectivity index (χ2n) is 6.91. The summed E-state index contributed by atoms with van der Waals surface area (Å²) in [6.45, 7) is 6.89.